The number of hydrogen-bond acceptors (Lipinski definition) is 3. The molecule has 26 heavy (non-hydrogen) atoms. The van der Waals surface area contributed by atoms with Crippen molar-refractivity contribution in [2.45, 2.75) is 38.0 Å². The third-order valence-electron chi connectivity index (χ3n) is 3.88. The Bertz CT molecular complexity index is 754. The number of nitrogens with one attached hydrogen (secondary N) is 1. The Morgan fingerprint density at radius 3 is 2.42 bits per heavy atom. The lowest BCUT2D eigenvalue weighted by Gasteiger charge is -2.20. The van der Waals surface area contributed by atoms with Crippen LogP contribution in [0.4, 0.5) is 8.78 Å². The highest BCUT2D eigenvalue weighted by Crippen LogP contribution is 2.29. The fourth-order valence-electron chi connectivity index (χ4n) is 2.57. The lowest BCUT2D eigenvalue weighted by Crippen LogP contribution is -2.38. The van der Waals surface area contributed by atoms with Crippen LogP contribution in [0.25, 0.3) is 0 Å². The highest BCUT2D eigenvalue weighted by Gasteiger charge is 2.41. The van der Waals surface area contributed by atoms with E-state index in [1.807, 2.05) is 0 Å². The summed E-state index contributed by atoms with van der Waals surface area (Å²) in [5.74, 6) is -6.66. The van der Waals surface area contributed by atoms with Gasteiger partial charge in [0.1, 0.15) is 0 Å². The zero-order valence-corrected chi connectivity index (χ0v) is 14.0. The van der Waals surface area contributed by atoms with Crippen LogP contribution in [0.5, 0.6) is 0 Å². The van der Waals surface area contributed by atoms with Gasteiger partial charge in [0.15, 0.2) is 0 Å². The average molecular weight is 363 g/mol. The smallest absolute Gasteiger partial charge is 0.330 e. The molecule has 1 amide bonds. The molecular weight excluding hydrogens is 344 g/mol. The van der Waals surface area contributed by atoms with Crippen LogP contribution in [0.1, 0.15) is 42.5 Å². The van der Waals surface area contributed by atoms with Crippen molar-refractivity contribution in [1.29, 1.82) is 0 Å². The summed E-state index contributed by atoms with van der Waals surface area (Å²) in [7, 11) is 0. The van der Waals surface area contributed by atoms with Gasteiger partial charge in [-0.1, -0.05) is 24.6 Å². The minimum atomic E-state index is -3.68. The molecule has 0 unspecified atom stereocenters. The number of rotatable bonds is 8. The first kappa shape index (κ1) is 19.5. The summed E-state index contributed by atoms with van der Waals surface area (Å²) >= 11 is 0. The van der Waals surface area contributed by atoms with Crippen molar-refractivity contribution < 1.29 is 28.3 Å². The SMILES string of the molecule is O=C(O)CCCCCC1=CC(F)(F)C(=O)C(NC(=O)c2ccccc2)=C1. The Balaban J connectivity index is 2.03. The standard InChI is InChI=1S/C19H19F2NO4/c20-19(21)12-13(7-3-1-6-10-16(23)24)11-15(17(19)25)22-18(26)14-8-4-2-5-9-14/h2,4-5,8-9,11-12H,1,3,6-7,10H2,(H,22,26)(H,23,24). The Kier molecular flexibility index (Phi) is 6.38. The number of carboxylic acids is 1. The van der Waals surface area contributed by atoms with Crippen LogP contribution >= 0.6 is 0 Å². The van der Waals surface area contributed by atoms with Gasteiger partial charge < -0.3 is 10.4 Å². The van der Waals surface area contributed by atoms with Gasteiger partial charge >= 0.3 is 11.9 Å². The van der Waals surface area contributed by atoms with Gasteiger partial charge in [-0.05, 0) is 49.1 Å². The fourth-order valence-corrected chi connectivity index (χ4v) is 2.57. The number of alkyl halides is 2. The molecule has 0 aliphatic heterocycles. The molecule has 2 rings (SSSR count). The molecule has 5 nitrogen and oxygen atoms in total. The maximum atomic E-state index is 13.9. The largest absolute Gasteiger partial charge is 0.481 e. The van der Waals surface area contributed by atoms with Crippen molar-refractivity contribution in [2.75, 3.05) is 0 Å². The van der Waals surface area contributed by atoms with E-state index < -0.39 is 29.3 Å². The summed E-state index contributed by atoms with van der Waals surface area (Å²) < 4.78 is 27.9. The third kappa shape index (κ3) is 5.34. The van der Waals surface area contributed by atoms with Gasteiger partial charge in [-0.15, -0.1) is 0 Å². The predicted molar refractivity (Wildman–Crippen MR) is 90.7 cm³/mol. The molecule has 138 valence electrons. The van der Waals surface area contributed by atoms with E-state index in [2.05, 4.69) is 5.32 Å². The van der Waals surface area contributed by atoms with Crippen LogP contribution in [0.3, 0.4) is 0 Å². The number of carboxylic acid groups (broad SMARTS) is 1. The molecule has 2 N–H and O–H groups in total. The summed E-state index contributed by atoms with van der Waals surface area (Å²) in [5, 5.41) is 10.8. The minimum absolute atomic E-state index is 0.0297. The number of aliphatic carboxylic acids is 1. The molecule has 0 heterocycles. The number of carbonyl (C=O) groups excluding carboxylic acids is 2. The number of halogens is 2. The first-order valence-electron chi connectivity index (χ1n) is 8.24. The highest BCUT2D eigenvalue weighted by atomic mass is 19.3. The van der Waals surface area contributed by atoms with Gasteiger partial charge in [-0.3, -0.25) is 14.4 Å². The summed E-state index contributed by atoms with van der Waals surface area (Å²) in [5.41, 5.74) is 0.0643. The zero-order valence-electron chi connectivity index (χ0n) is 14.0. The Hall–Kier alpha value is -2.83. The molecule has 1 aliphatic carbocycles. The molecule has 7 heteroatoms. The Morgan fingerprint density at radius 1 is 1.08 bits per heavy atom. The third-order valence-corrected chi connectivity index (χ3v) is 3.88. The molecule has 0 saturated carbocycles. The van der Waals surface area contributed by atoms with Crippen LogP contribution in [0, 0.1) is 0 Å². The fraction of sp³-hybridized carbons (Fsp3) is 0.316. The lowest BCUT2D eigenvalue weighted by molar-refractivity contribution is -0.137. The number of hydrogen-bond donors (Lipinski definition) is 2. The molecule has 0 atom stereocenters. The highest BCUT2D eigenvalue weighted by molar-refractivity contribution is 6.08. The number of Topliss-reactive ketones (excluding diaryl/α,β-unsaturated/α-hetero) is 1. The molecular formula is C19H19F2NO4. The Labute approximate surface area is 149 Å². The van der Waals surface area contributed by atoms with E-state index in [-0.39, 0.29) is 24.0 Å². The maximum Gasteiger partial charge on any atom is 0.330 e. The van der Waals surface area contributed by atoms with Gasteiger partial charge in [0.05, 0.1) is 5.70 Å². The van der Waals surface area contributed by atoms with Crippen molar-refractivity contribution in [1.82, 2.24) is 5.32 Å². The predicted octanol–water partition coefficient (Wildman–Crippen LogP) is 3.48. The van der Waals surface area contributed by atoms with Crippen molar-refractivity contribution in [3.8, 4) is 0 Å². The van der Waals surface area contributed by atoms with Crippen LogP contribution in [0.2, 0.25) is 0 Å². The van der Waals surface area contributed by atoms with E-state index in [1.54, 1.807) is 18.2 Å². The monoisotopic (exact) mass is 363 g/mol. The second-order valence-electron chi connectivity index (χ2n) is 6.00. The van der Waals surface area contributed by atoms with Crippen molar-refractivity contribution >= 4 is 17.7 Å². The number of allylic oxidation sites excluding steroid dienone is 4. The molecule has 0 saturated heterocycles. The molecule has 1 aliphatic rings. The van der Waals surface area contributed by atoms with E-state index in [1.165, 1.54) is 18.2 Å². The molecule has 0 aromatic heterocycles. The van der Waals surface area contributed by atoms with E-state index in [0.29, 0.717) is 25.3 Å². The van der Waals surface area contributed by atoms with Gasteiger partial charge in [-0.2, -0.15) is 8.78 Å². The topological polar surface area (TPSA) is 83.5 Å². The molecule has 1 aromatic carbocycles. The van der Waals surface area contributed by atoms with Gasteiger partial charge in [0.2, 0.25) is 0 Å². The normalized spacial score (nSPS) is 15.8. The lowest BCUT2D eigenvalue weighted by atomic mass is 9.95. The van der Waals surface area contributed by atoms with Gasteiger partial charge in [-0.25, -0.2) is 0 Å². The summed E-state index contributed by atoms with van der Waals surface area (Å²) in [6, 6.07) is 7.99. The van der Waals surface area contributed by atoms with Gasteiger partial charge in [0.25, 0.3) is 11.7 Å². The number of amides is 1. The van der Waals surface area contributed by atoms with Crippen LogP contribution < -0.4 is 5.32 Å². The number of benzene rings is 1. The Morgan fingerprint density at radius 2 is 1.77 bits per heavy atom. The second kappa shape index (κ2) is 8.51. The van der Waals surface area contributed by atoms with E-state index >= 15 is 0 Å². The molecule has 1 aromatic rings. The molecule has 0 radical (unpaired) electrons. The molecule has 0 fully saturated rings. The minimum Gasteiger partial charge on any atom is -0.481 e. The van der Waals surface area contributed by atoms with E-state index in [9.17, 15) is 23.2 Å². The first-order chi connectivity index (χ1) is 12.3. The molecule has 0 spiro atoms. The zero-order chi connectivity index (χ0) is 19.2. The summed E-state index contributed by atoms with van der Waals surface area (Å²) in [6.07, 6.45) is 3.71. The quantitative estimate of drug-likeness (QED) is 0.693. The van der Waals surface area contributed by atoms with Crippen LogP contribution in [-0.2, 0) is 9.59 Å². The number of unbranched alkanes of at least 4 members (excludes halogenated alkanes) is 2. The maximum absolute atomic E-state index is 13.9. The van der Waals surface area contributed by atoms with Crippen LogP contribution in [0.15, 0.2) is 53.8 Å². The molecule has 0 bridgehead atoms. The van der Waals surface area contributed by atoms with E-state index in [4.69, 9.17) is 5.11 Å². The number of carbonyl (C=O) groups is 3. The number of ketones is 1. The van der Waals surface area contributed by atoms with E-state index in [0.717, 1.165) is 0 Å². The summed E-state index contributed by atoms with van der Waals surface area (Å²) in [4.78, 5) is 34.4. The van der Waals surface area contributed by atoms with Crippen molar-refractivity contribution in [3.05, 3.63) is 59.3 Å². The summed E-state index contributed by atoms with van der Waals surface area (Å²) in [6.45, 7) is 0. The van der Waals surface area contributed by atoms with Crippen molar-refractivity contribution in [3.63, 3.8) is 0 Å². The average Bonchev–Trinajstić information content (AvgIpc) is 2.59. The first-order valence-corrected chi connectivity index (χ1v) is 8.24. The second-order valence-corrected chi connectivity index (χ2v) is 6.00. The van der Waals surface area contributed by atoms with Gasteiger partial charge in [0, 0.05) is 12.0 Å². The van der Waals surface area contributed by atoms with Crippen LogP contribution in [-0.4, -0.2) is 28.7 Å². The van der Waals surface area contributed by atoms with Crippen molar-refractivity contribution in [2.24, 2.45) is 0 Å².